The van der Waals surface area contributed by atoms with Crippen molar-refractivity contribution in [1.29, 1.82) is 0 Å². The molecule has 174 valence electrons. The number of urea groups is 1. The number of halogens is 2. The first-order chi connectivity index (χ1) is 17.0. The number of hydrogen-bond acceptors (Lipinski definition) is 2. The van der Waals surface area contributed by atoms with Gasteiger partial charge in [0.15, 0.2) is 0 Å². The molecule has 4 nitrogen and oxygen atoms in total. The molecule has 5 rings (SSSR count). The third kappa shape index (κ3) is 5.02. The van der Waals surface area contributed by atoms with Crippen LogP contribution in [0.5, 0.6) is 0 Å². The van der Waals surface area contributed by atoms with Crippen molar-refractivity contribution in [3.05, 3.63) is 135 Å². The predicted molar refractivity (Wildman–Crippen MR) is 146 cm³/mol. The van der Waals surface area contributed by atoms with Crippen molar-refractivity contribution in [2.24, 2.45) is 5.10 Å². The topological polar surface area (TPSA) is 44.7 Å². The zero-order valence-electron chi connectivity index (χ0n) is 18.9. The van der Waals surface area contributed by atoms with Crippen LogP contribution in [0.25, 0.3) is 0 Å². The van der Waals surface area contributed by atoms with Crippen LogP contribution in [0, 0.1) is 0 Å². The Kier molecular flexibility index (Phi) is 6.71. The highest BCUT2D eigenvalue weighted by atomic mass is 79.9. The Morgan fingerprint density at radius 1 is 0.886 bits per heavy atom. The van der Waals surface area contributed by atoms with Crippen LogP contribution < -0.4 is 5.32 Å². The van der Waals surface area contributed by atoms with Gasteiger partial charge in [0.05, 0.1) is 17.7 Å². The van der Waals surface area contributed by atoms with Gasteiger partial charge in [-0.1, -0.05) is 100 Å². The van der Waals surface area contributed by atoms with Crippen molar-refractivity contribution in [1.82, 2.24) is 5.01 Å². The summed E-state index contributed by atoms with van der Waals surface area (Å²) in [7, 11) is 0. The number of nitrogens with one attached hydrogen (secondary N) is 1. The highest BCUT2D eigenvalue weighted by molar-refractivity contribution is 9.10. The van der Waals surface area contributed by atoms with E-state index in [0.717, 1.165) is 21.3 Å². The van der Waals surface area contributed by atoms with Crippen LogP contribution in [-0.4, -0.2) is 23.3 Å². The van der Waals surface area contributed by atoms with E-state index in [1.165, 1.54) is 5.56 Å². The highest BCUT2D eigenvalue weighted by Gasteiger charge is 2.46. The summed E-state index contributed by atoms with van der Waals surface area (Å²) >= 11 is 9.63. The molecule has 35 heavy (non-hydrogen) atoms. The number of carbonyl (C=O) groups excluding carboxylic acids is 1. The molecule has 1 atom stereocenters. The molecular weight excluding hydrogens is 522 g/mol. The molecule has 1 N–H and O–H groups in total. The van der Waals surface area contributed by atoms with Crippen molar-refractivity contribution in [2.75, 3.05) is 11.9 Å². The second kappa shape index (κ2) is 10.1. The quantitative estimate of drug-likeness (QED) is 0.277. The van der Waals surface area contributed by atoms with Gasteiger partial charge < -0.3 is 5.32 Å². The molecule has 1 aliphatic heterocycles. The minimum absolute atomic E-state index is 0.273. The Morgan fingerprint density at radius 2 is 1.51 bits per heavy atom. The Morgan fingerprint density at radius 3 is 2.17 bits per heavy atom. The van der Waals surface area contributed by atoms with Crippen LogP contribution in [0.15, 0.2) is 119 Å². The van der Waals surface area contributed by atoms with Gasteiger partial charge >= 0.3 is 6.03 Å². The van der Waals surface area contributed by atoms with Gasteiger partial charge in [-0.2, -0.15) is 5.10 Å². The molecule has 0 saturated heterocycles. The summed E-state index contributed by atoms with van der Waals surface area (Å²) in [5.41, 5.74) is 4.24. The van der Waals surface area contributed by atoms with E-state index in [2.05, 4.69) is 45.5 Å². The molecule has 0 radical (unpaired) electrons. The van der Waals surface area contributed by atoms with E-state index in [4.69, 9.17) is 16.7 Å². The molecule has 0 saturated carbocycles. The lowest BCUT2D eigenvalue weighted by atomic mass is 9.70. The van der Waals surface area contributed by atoms with Gasteiger partial charge in [0.25, 0.3) is 0 Å². The van der Waals surface area contributed by atoms with Crippen LogP contribution in [0.4, 0.5) is 10.5 Å². The van der Waals surface area contributed by atoms with E-state index in [1.54, 1.807) is 5.01 Å². The van der Waals surface area contributed by atoms with Crippen LogP contribution >= 0.6 is 27.5 Å². The number of anilines is 1. The minimum Gasteiger partial charge on any atom is -0.306 e. The SMILES string of the molecule is O=C(Nc1ccc(Br)cc1)N1CC(Cc2ccccc2)(c2ccccc2)C(c2ccc(Cl)cc2)=N1. The molecule has 1 heterocycles. The van der Waals surface area contributed by atoms with Gasteiger partial charge in [-0.25, -0.2) is 9.80 Å². The zero-order valence-corrected chi connectivity index (χ0v) is 21.2. The number of rotatable bonds is 5. The lowest BCUT2D eigenvalue weighted by Gasteiger charge is -2.32. The van der Waals surface area contributed by atoms with E-state index in [0.29, 0.717) is 23.7 Å². The maximum atomic E-state index is 13.4. The first-order valence-corrected chi connectivity index (χ1v) is 12.5. The van der Waals surface area contributed by atoms with Crippen LogP contribution in [0.3, 0.4) is 0 Å². The normalized spacial score (nSPS) is 17.2. The van der Waals surface area contributed by atoms with E-state index in [-0.39, 0.29) is 6.03 Å². The number of hydrogen-bond donors (Lipinski definition) is 1. The Labute approximate surface area is 218 Å². The largest absolute Gasteiger partial charge is 0.342 e. The summed E-state index contributed by atoms with van der Waals surface area (Å²) in [6.45, 7) is 0.409. The number of hydrazone groups is 1. The lowest BCUT2D eigenvalue weighted by molar-refractivity contribution is 0.213. The van der Waals surface area contributed by atoms with Crippen molar-refractivity contribution in [3.8, 4) is 0 Å². The Bertz CT molecular complexity index is 1340. The van der Waals surface area contributed by atoms with E-state index >= 15 is 0 Å². The molecule has 4 aromatic rings. The average molecular weight is 545 g/mol. The van der Waals surface area contributed by atoms with Crippen molar-refractivity contribution in [2.45, 2.75) is 11.8 Å². The zero-order chi connectivity index (χ0) is 24.3. The molecule has 0 aliphatic carbocycles. The third-order valence-electron chi connectivity index (χ3n) is 6.22. The molecule has 6 heteroatoms. The van der Waals surface area contributed by atoms with Crippen LogP contribution in [0.2, 0.25) is 5.02 Å². The Balaban J connectivity index is 1.59. The summed E-state index contributed by atoms with van der Waals surface area (Å²) in [5, 5.41) is 10.1. The fourth-order valence-electron chi connectivity index (χ4n) is 4.53. The first kappa shape index (κ1) is 23.3. The van der Waals surface area contributed by atoms with Gasteiger partial charge in [0.2, 0.25) is 0 Å². The fraction of sp³-hybridized carbons (Fsp3) is 0.103. The summed E-state index contributed by atoms with van der Waals surface area (Å²) in [5.74, 6) is 0. The van der Waals surface area contributed by atoms with Gasteiger partial charge in [-0.3, -0.25) is 0 Å². The summed E-state index contributed by atoms with van der Waals surface area (Å²) in [6.07, 6.45) is 0.696. The van der Waals surface area contributed by atoms with Gasteiger partial charge in [-0.15, -0.1) is 0 Å². The van der Waals surface area contributed by atoms with Crippen molar-refractivity contribution < 1.29 is 4.79 Å². The molecule has 0 bridgehead atoms. The number of carbonyl (C=O) groups is 1. The molecule has 1 aliphatic rings. The molecule has 0 fully saturated rings. The molecule has 2 amide bonds. The average Bonchev–Trinajstić information content (AvgIpc) is 3.27. The second-order valence-corrected chi connectivity index (χ2v) is 9.91. The molecular formula is C29H23BrClN3O. The highest BCUT2D eigenvalue weighted by Crippen LogP contribution is 2.39. The third-order valence-corrected chi connectivity index (χ3v) is 7.00. The van der Waals surface area contributed by atoms with E-state index in [1.807, 2.05) is 84.9 Å². The smallest absolute Gasteiger partial charge is 0.306 e. The number of nitrogens with zero attached hydrogens (tertiary/aromatic N) is 2. The van der Waals surface area contributed by atoms with Crippen LogP contribution in [-0.2, 0) is 11.8 Å². The second-order valence-electron chi connectivity index (χ2n) is 8.56. The minimum atomic E-state index is -0.534. The van der Waals surface area contributed by atoms with Gasteiger partial charge in [-0.05, 0) is 59.5 Å². The van der Waals surface area contributed by atoms with Crippen LogP contribution in [0.1, 0.15) is 16.7 Å². The molecule has 0 aromatic heterocycles. The molecule has 0 spiro atoms. The lowest BCUT2D eigenvalue weighted by Crippen LogP contribution is -2.43. The van der Waals surface area contributed by atoms with Crippen molar-refractivity contribution >= 4 is 45.0 Å². The van der Waals surface area contributed by atoms with Gasteiger partial charge in [0, 0.05) is 15.2 Å². The predicted octanol–water partition coefficient (Wildman–Crippen LogP) is 7.54. The number of amides is 2. The van der Waals surface area contributed by atoms with E-state index in [9.17, 15) is 4.79 Å². The molecule has 1 unspecified atom stereocenters. The summed E-state index contributed by atoms with van der Waals surface area (Å²) in [6, 6.07) is 35.5. The van der Waals surface area contributed by atoms with Crippen molar-refractivity contribution in [3.63, 3.8) is 0 Å². The summed E-state index contributed by atoms with van der Waals surface area (Å²) < 4.78 is 0.950. The van der Waals surface area contributed by atoms with Gasteiger partial charge in [0.1, 0.15) is 0 Å². The maximum absolute atomic E-state index is 13.4. The fourth-order valence-corrected chi connectivity index (χ4v) is 4.92. The number of benzene rings is 4. The standard InChI is InChI=1S/C29H23BrClN3O/c30-24-13-17-26(18-14-24)32-28(35)34-20-29(23-9-5-2-6-10-23,19-21-7-3-1-4-8-21)27(33-34)22-11-15-25(31)16-12-22/h1-18H,19-20H2,(H,32,35). The monoisotopic (exact) mass is 543 g/mol. The van der Waals surface area contributed by atoms with E-state index < -0.39 is 5.41 Å². The first-order valence-electron chi connectivity index (χ1n) is 11.3. The molecule has 4 aromatic carbocycles. The Hall–Kier alpha value is -3.41. The maximum Gasteiger partial charge on any atom is 0.342 e. The summed E-state index contributed by atoms with van der Waals surface area (Å²) in [4.78, 5) is 13.4.